The fraction of sp³-hybridized carbons (Fsp3) is 0.350. The van der Waals surface area contributed by atoms with Crippen LogP contribution < -0.4 is 20.1 Å². The highest BCUT2D eigenvalue weighted by Gasteiger charge is 2.50. The molecule has 2 saturated heterocycles. The molecule has 2 aliphatic heterocycles. The zero-order valence-electron chi connectivity index (χ0n) is 30.3. The fourth-order valence-corrected chi connectivity index (χ4v) is 7.76. The first-order valence-electron chi connectivity index (χ1n) is 18.0. The molecule has 0 bridgehead atoms. The van der Waals surface area contributed by atoms with Gasteiger partial charge in [-0.2, -0.15) is 0 Å². The van der Waals surface area contributed by atoms with Crippen molar-refractivity contribution in [3.8, 4) is 23.0 Å². The predicted molar refractivity (Wildman–Crippen MR) is 203 cm³/mol. The first-order chi connectivity index (χ1) is 27.4. The molecule has 0 saturated carbocycles. The molecule has 2 fully saturated rings. The van der Waals surface area contributed by atoms with E-state index in [1.54, 1.807) is 0 Å². The zero-order valence-corrected chi connectivity index (χ0v) is 31.1. The first-order valence-corrected chi connectivity index (χ1v) is 18.9. The summed E-state index contributed by atoms with van der Waals surface area (Å²) in [6, 6.07) is 23.1. The molecule has 0 radical (unpaired) electrons. The average Bonchev–Trinajstić information content (AvgIpc) is 3.21. The number of aromatic hydroxyl groups is 2. The monoisotopic (exact) mass is 808 g/mol. The number of nitrogens with one attached hydrogen (secondary N) is 2. The van der Waals surface area contributed by atoms with Crippen molar-refractivity contribution in [2.75, 3.05) is 13.2 Å². The van der Waals surface area contributed by atoms with E-state index in [9.17, 15) is 50.4 Å². The lowest BCUT2D eigenvalue weighted by molar-refractivity contribution is -0.175. The summed E-state index contributed by atoms with van der Waals surface area (Å²) < 4.78 is 23.0. The number of aliphatic hydroxyl groups excluding tert-OH is 6. The van der Waals surface area contributed by atoms with Crippen molar-refractivity contribution < 1.29 is 69.4 Å². The summed E-state index contributed by atoms with van der Waals surface area (Å²) in [4.78, 5) is 26.9. The van der Waals surface area contributed by atoms with Crippen LogP contribution in [0.3, 0.4) is 0 Å². The van der Waals surface area contributed by atoms with Gasteiger partial charge in [-0.25, -0.2) is 0 Å². The second-order valence-electron chi connectivity index (χ2n) is 13.5. The normalized spacial score (nSPS) is 27.3. The van der Waals surface area contributed by atoms with E-state index in [0.29, 0.717) is 11.8 Å². The lowest BCUT2D eigenvalue weighted by Crippen LogP contribution is -2.66. The minimum atomic E-state index is -1.70. The molecule has 0 unspecified atom stereocenters. The van der Waals surface area contributed by atoms with Gasteiger partial charge in [-0.3, -0.25) is 9.59 Å². The Labute approximate surface area is 331 Å². The van der Waals surface area contributed by atoms with Gasteiger partial charge < -0.3 is 70.4 Å². The molecule has 10 atom stereocenters. The van der Waals surface area contributed by atoms with Crippen LogP contribution in [0.25, 0.3) is 0 Å². The van der Waals surface area contributed by atoms with Crippen LogP contribution >= 0.6 is 11.8 Å². The Balaban J connectivity index is 1.14. The summed E-state index contributed by atoms with van der Waals surface area (Å²) >= 11 is 0.661. The van der Waals surface area contributed by atoms with Crippen molar-refractivity contribution in [2.24, 2.45) is 0 Å². The van der Waals surface area contributed by atoms with Crippen LogP contribution in [0.1, 0.15) is 31.8 Å². The molecule has 0 spiro atoms. The van der Waals surface area contributed by atoms with Gasteiger partial charge in [-0.05, 0) is 35.4 Å². The van der Waals surface area contributed by atoms with E-state index in [4.69, 9.17) is 18.9 Å². The Morgan fingerprint density at radius 3 is 1.33 bits per heavy atom. The van der Waals surface area contributed by atoms with Gasteiger partial charge in [-0.1, -0.05) is 72.4 Å². The molecule has 304 valence electrons. The second-order valence-corrected chi connectivity index (χ2v) is 14.7. The highest BCUT2D eigenvalue weighted by atomic mass is 32.2. The minimum absolute atomic E-state index is 0.0697. The quantitative estimate of drug-likeness (QED) is 0.0844. The molecule has 2 heterocycles. The maximum Gasteiger partial charge on any atom is 0.251 e. The largest absolute Gasteiger partial charge is 0.508 e. The third-order valence-corrected chi connectivity index (χ3v) is 10.8. The van der Waals surface area contributed by atoms with Crippen LogP contribution in [0.4, 0.5) is 0 Å². The number of hydrogen-bond donors (Lipinski definition) is 10. The lowest BCUT2D eigenvalue weighted by atomic mass is 9.96. The van der Waals surface area contributed by atoms with E-state index in [1.165, 1.54) is 24.3 Å². The number of phenolic OH excluding ortho intramolecular Hbond substituents is 2. The van der Waals surface area contributed by atoms with Crippen LogP contribution in [-0.2, 0) is 22.7 Å². The number of amides is 2. The highest BCUT2D eigenvalue weighted by molar-refractivity contribution is 8.00. The van der Waals surface area contributed by atoms with E-state index in [2.05, 4.69) is 10.6 Å². The van der Waals surface area contributed by atoms with E-state index in [0.717, 1.165) is 23.3 Å². The molecule has 57 heavy (non-hydrogen) atoms. The van der Waals surface area contributed by atoms with Crippen LogP contribution in [0, 0.1) is 0 Å². The Morgan fingerprint density at radius 2 is 0.965 bits per heavy atom. The molecule has 2 aliphatic rings. The number of ether oxygens (including phenoxy) is 4. The maximum atomic E-state index is 13.5. The summed E-state index contributed by atoms with van der Waals surface area (Å²) in [5.74, 6) is -1.86. The molecule has 0 aromatic heterocycles. The number of benzene rings is 4. The number of aliphatic hydroxyl groups is 6. The number of thioether (sulfide) groups is 1. The third-order valence-electron chi connectivity index (χ3n) is 9.44. The first kappa shape index (κ1) is 41.7. The van der Waals surface area contributed by atoms with Gasteiger partial charge in [0, 0.05) is 23.3 Å². The van der Waals surface area contributed by atoms with Crippen LogP contribution in [0.15, 0.2) is 97.1 Å². The Kier molecular flexibility index (Phi) is 13.9. The lowest BCUT2D eigenvalue weighted by Gasteiger charge is -2.46. The SMILES string of the molecule is O=C(N[C@H]1[C@@H](O)[C@@H](CO)O[C@@H](S[C@@H]2O[C@H](CO)[C@H](O)[C@H](NC(=O)c3cc(O)cc(OCc4ccccc4)c3)[C@H]2O)[C@@H]1O)c1cc(O)cc(OCc2ccccc2)c1. The van der Waals surface area contributed by atoms with Gasteiger partial charge in [0.25, 0.3) is 11.8 Å². The number of carbonyl (C=O) groups is 2. The molecule has 2 amide bonds. The van der Waals surface area contributed by atoms with Gasteiger partial charge >= 0.3 is 0 Å². The Bertz CT molecular complexity index is 1820. The standard InChI is InChI=1S/C40H44N2O14S/c43-17-29-33(47)31(41-37(51)23-11-25(45)15-27(13-23)53-19-21-7-3-1-4-8-21)35(49)39(55-29)57-40-36(50)32(34(48)30(18-44)56-40)42-38(52)24-12-26(46)16-28(14-24)54-20-22-9-5-2-6-10-22/h1-16,29-36,39-40,43-50H,17-20H2,(H,41,51)(H,42,52)/t29-,30-,31+,32+,33+,34+,35-,36-,39+,40+/m1/s1. The minimum Gasteiger partial charge on any atom is -0.508 e. The van der Waals surface area contributed by atoms with E-state index < -0.39 is 84.6 Å². The van der Waals surface area contributed by atoms with Gasteiger partial charge in [0.1, 0.15) is 83.7 Å². The maximum absolute atomic E-state index is 13.5. The highest BCUT2D eigenvalue weighted by Crippen LogP contribution is 2.37. The van der Waals surface area contributed by atoms with Crippen molar-refractivity contribution >= 4 is 23.6 Å². The van der Waals surface area contributed by atoms with Crippen molar-refractivity contribution in [3.63, 3.8) is 0 Å². The summed E-state index contributed by atoms with van der Waals surface area (Å²) in [7, 11) is 0. The summed E-state index contributed by atoms with van der Waals surface area (Å²) in [5.41, 5.74) is -1.25. The third kappa shape index (κ3) is 10.3. The molecule has 0 aliphatic carbocycles. The van der Waals surface area contributed by atoms with E-state index in [1.807, 2.05) is 60.7 Å². The molecule has 17 heteroatoms. The number of phenols is 2. The Hall–Kier alpha value is -4.95. The van der Waals surface area contributed by atoms with Gasteiger partial charge in [0.2, 0.25) is 0 Å². The topological polar surface area (TPSA) is 257 Å². The molecular formula is C40H44N2O14S. The van der Waals surface area contributed by atoms with Crippen molar-refractivity contribution in [1.82, 2.24) is 10.6 Å². The summed E-state index contributed by atoms with van der Waals surface area (Å²) in [6.45, 7) is -1.19. The predicted octanol–water partition coefficient (Wildman–Crippen LogP) is 0.764. The smallest absolute Gasteiger partial charge is 0.251 e. The molecule has 4 aromatic carbocycles. The average molecular weight is 809 g/mol. The summed E-state index contributed by atoms with van der Waals surface area (Å²) in [5, 5.41) is 90.7. The number of carbonyl (C=O) groups excluding carboxylic acids is 2. The Morgan fingerprint density at radius 1 is 0.579 bits per heavy atom. The number of hydrogen-bond acceptors (Lipinski definition) is 15. The molecule has 4 aromatic rings. The number of rotatable bonds is 14. The summed E-state index contributed by atoms with van der Waals surface area (Å²) in [6.07, 6.45) is -9.34. The molecule has 16 nitrogen and oxygen atoms in total. The molecule has 6 rings (SSSR count). The van der Waals surface area contributed by atoms with Crippen molar-refractivity contribution in [3.05, 3.63) is 119 Å². The molecular weight excluding hydrogens is 765 g/mol. The van der Waals surface area contributed by atoms with Crippen LogP contribution in [0.2, 0.25) is 0 Å². The van der Waals surface area contributed by atoms with Gasteiger partial charge in [-0.15, -0.1) is 0 Å². The fourth-order valence-electron chi connectivity index (χ4n) is 6.42. The van der Waals surface area contributed by atoms with Gasteiger partial charge in [0.05, 0.1) is 25.3 Å². The zero-order chi connectivity index (χ0) is 40.6. The van der Waals surface area contributed by atoms with Crippen LogP contribution in [-0.4, -0.2) is 125 Å². The molecule has 10 N–H and O–H groups in total. The van der Waals surface area contributed by atoms with Crippen molar-refractivity contribution in [1.29, 1.82) is 0 Å². The van der Waals surface area contributed by atoms with Crippen molar-refractivity contribution in [2.45, 2.75) is 72.8 Å². The van der Waals surface area contributed by atoms with Crippen LogP contribution in [0.5, 0.6) is 23.0 Å². The second kappa shape index (κ2) is 19.0. The van der Waals surface area contributed by atoms with E-state index >= 15 is 0 Å². The van der Waals surface area contributed by atoms with Gasteiger partial charge in [0.15, 0.2) is 0 Å². The van der Waals surface area contributed by atoms with E-state index in [-0.39, 0.29) is 47.3 Å².